The van der Waals surface area contributed by atoms with Crippen LogP contribution in [0.1, 0.15) is 26.2 Å². The fourth-order valence-electron chi connectivity index (χ4n) is 0.618. The highest BCUT2D eigenvalue weighted by Crippen LogP contribution is 1.96. The van der Waals surface area contributed by atoms with E-state index in [1.54, 1.807) is 0 Å². The second-order valence-corrected chi connectivity index (χ2v) is 2.27. The number of aliphatic hydroxyl groups excluding tert-OH is 1. The van der Waals surface area contributed by atoms with Crippen LogP contribution >= 0.6 is 0 Å². The molecule has 0 saturated carbocycles. The summed E-state index contributed by atoms with van der Waals surface area (Å²) in [6, 6.07) is 0. The van der Waals surface area contributed by atoms with Crippen LogP contribution in [0.3, 0.4) is 0 Å². The molecule has 0 amide bonds. The molecule has 0 saturated heterocycles. The zero-order chi connectivity index (χ0) is 8.69. The van der Waals surface area contributed by atoms with Gasteiger partial charge in [-0.1, -0.05) is 19.8 Å². The smallest absolute Gasteiger partial charge is 0.360 e. The SMILES string of the molecule is CCCCCOC(O)C(=O)O. The standard InChI is InChI=1S/C7H14O4/c1-2-3-4-5-11-7(10)6(8)9/h7,10H,2-5H2,1H3,(H,8,9). The van der Waals surface area contributed by atoms with Crippen molar-refractivity contribution in [1.29, 1.82) is 0 Å². The maximum absolute atomic E-state index is 9.99. The van der Waals surface area contributed by atoms with Gasteiger partial charge in [-0.25, -0.2) is 4.79 Å². The minimum absolute atomic E-state index is 0.307. The first-order valence-corrected chi connectivity index (χ1v) is 3.71. The van der Waals surface area contributed by atoms with Gasteiger partial charge in [0.2, 0.25) is 0 Å². The maximum Gasteiger partial charge on any atom is 0.360 e. The molecule has 1 atom stereocenters. The van der Waals surface area contributed by atoms with Gasteiger partial charge in [-0.05, 0) is 6.42 Å². The van der Waals surface area contributed by atoms with Crippen LogP contribution in [0.4, 0.5) is 0 Å². The molecule has 0 aromatic carbocycles. The third-order valence-electron chi connectivity index (χ3n) is 1.23. The Kier molecular flexibility index (Phi) is 5.78. The number of carboxylic acid groups (broad SMARTS) is 1. The van der Waals surface area contributed by atoms with Crippen LogP contribution in [0, 0.1) is 0 Å². The molecule has 0 rings (SSSR count). The second kappa shape index (κ2) is 6.12. The summed E-state index contributed by atoms with van der Waals surface area (Å²) in [5, 5.41) is 16.8. The van der Waals surface area contributed by atoms with Gasteiger partial charge in [0.15, 0.2) is 0 Å². The summed E-state index contributed by atoms with van der Waals surface area (Å²) in [4.78, 5) is 9.99. The van der Waals surface area contributed by atoms with Gasteiger partial charge in [0, 0.05) is 0 Å². The first kappa shape index (κ1) is 10.4. The van der Waals surface area contributed by atoms with Crippen LogP contribution in [0.2, 0.25) is 0 Å². The number of carbonyl (C=O) groups is 1. The summed E-state index contributed by atoms with van der Waals surface area (Å²) < 4.78 is 4.56. The zero-order valence-corrected chi connectivity index (χ0v) is 6.62. The monoisotopic (exact) mass is 162 g/mol. The Morgan fingerprint density at radius 3 is 2.64 bits per heavy atom. The van der Waals surface area contributed by atoms with Gasteiger partial charge in [-0.15, -0.1) is 0 Å². The quantitative estimate of drug-likeness (QED) is 0.443. The number of unbranched alkanes of at least 4 members (excludes halogenated alkanes) is 2. The maximum atomic E-state index is 9.99. The number of ether oxygens (including phenoxy) is 1. The van der Waals surface area contributed by atoms with Gasteiger partial charge in [-0.3, -0.25) is 0 Å². The molecule has 0 aliphatic carbocycles. The molecule has 0 fully saturated rings. The Labute approximate surface area is 65.8 Å². The molecule has 11 heavy (non-hydrogen) atoms. The number of rotatable bonds is 6. The molecule has 4 heteroatoms. The summed E-state index contributed by atoms with van der Waals surface area (Å²) in [7, 11) is 0. The van der Waals surface area contributed by atoms with E-state index in [9.17, 15) is 4.79 Å². The minimum atomic E-state index is -1.66. The molecular formula is C7H14O4. The van der Waals surface area contributed by atoms with E-state index in [0.29, 0.717) is 6.61 Å². The van der Waals surface area contributed by atoms with Crippen molar-refractivity contribution in [3.05, 3.63) is 0 Å². The van der Waals surface area contributed by atoms with Gasteiger partial charge in [0.1, 0.15) is 0 Å². The first-order chi connectivity index (χ1) is 5.18. The molecule has 0 aliphatic rings. The number of aliphatic carboxylic acids is 1. The average Bonchev–Trinajstić information content (AvgIpc) is 1.97. The molecule has 2 N–H and O–H groups in total. The lowest BCUT2D eigenvalue weighted by molar-refractivity contribution is -0.176. The molecule has 0 heterocycles. The van der Waals surface area contributed by atoms with Gasteiger partial charge in [0.05, 0.1) is 6.61 Å². The summed E-state index contributed by atoms with van der Waals surface area (Å²) >= 11 is 0. The lowest BCUT2D eigenvalue weighted by atomic mass is 10.3. The Hall–Kier alpha value is -0.610. The van der Waals surface area contributed by atoms with Gasteiger partial charge < -0.3 is 14.9 Å². The number of aliphatic hydroxyl groups is 1. The number of hydrogen-bond acceptors (Lipinski definition) is 3. The van der Waals surface area contributed by atoms with E-state index in [2.05, 4.69) is 4.74 Å². The van der Waals surface area contributed by atoms with Gasteiger partial charge in [-0.2, -0.15) is 0 Å². The normalized spacial score (nSPS) is 12.9. The van der Waals surface area contributed by atoms with Crippen molar-refractivity contribution in [2.24, 2.45) is 0 Å². The Morgan fingerprint density at radius 1 is 1.55 bits per heavy atom. The number of carboxylic acids is 1. The van der Waals surface area contributed by atoms with Crippen LogP contribution in [0.15, 0.2) is 0 Å². The Morgan fingerprint density at radius 2 is 2.18 bits per heavy atom. The lowest BCUT2D eigenvalue weighted by Gasteiger charge is -2.05. The van der Waals surface area contributed by atoms with Crippen molar-refractivity contribution in [3.63, 3.8) is 0 Å². The Bertz CT molecular complexity index is 113. The minimum Gasteiger partial charge on any atom is -0.477 e. The van der Waals surface area contributed by atoms with Crippen LogP contribution < -0.4 is 0 Å². The van der Waals surface area contributed by atoms with Crippen molar-refractivity contribution < 1.29 is 19.7 Å². The van der Waals surface area contributed by atoms with Crippen molar-refractivity contribution in [3.8, 4) is 0 Å². The van der Waals surface area contributed by atoms with E-state index in [4.69, 9.17) is 10.2 Å². The first-order valence-electron chi connectivity index (χ1n) is 3.71. The third-order valence-corrected chi connectivity index (χ3v) is 1.23. The predicted molar refractivity (Wildman–Crippen MR) is 39.1 cm³/mol. The molecule has 0 bridgehead atoms. The highest BCUT2D eigenvalue weighted by Gasteiger charge is 2.11. The molecule has 0 aromatic rings. The van der Waals surface area contributed by atoms with Gasteiger partial charge in [0.25, 0.3) is 6.29 Å². The van der Waals surface area contributed by atoms with E-state index >= 15 is 0 Å². The van der Waals surface area contributed by atoms with Crippen LogP contribution in [-0.2, 0) is 9.53 Å². The second-order valence-electron chi connectivity index (χ2n) is 2.27. The molecule has 4 nitrogen and oxygen atoms in total. The molecule has 0 spiro atoms. The van der Waals surface area contributed by atoms with E-state index in [-0.39, 0.29) is 0 Å². The van der Waals surface area contributed by atoms with E-state index < -0.39 is 12.3 Å². The topological polar surface area (TPSA) is 66.8 Å². The summed E-state index contributed by atoms with van der Waals surface area (Å²) in [5.74, 6) is -1.33. The van der Waals surface area contributed by atoms with E-state index in [0.717, 1.165) is 19.3 Å². The molecular weight excluding hydrogens is 148 g/mol. The van der Waals surface area contributed by atoms with Crippen LogP contribution in [-0.4, -0.2) is 29.1 Å². The largest absolute Gasteiger partial charge is 0.477 e. The summed E-state index contributed by atoms with van der Waals surface area (Å²) in [6.07, 6.45) is 1.17. The van der Waals surface area contributed by atoms with Gasteiger partial charge >= 0.3 is 5.97 Å². The fourth-order valence-corrected chi connectivity index (χ4v) is 0.618. The molecule has 66 valence electrons. The highest BCUT2D eigenvalue weighted by molar-refractivity contribution is 5.70. The van der Waals surface area contributed by atoms with Crippen molar-refractivity contribution in [2.45, 2.75) is 32.5 Å². The summed E-state index contributed by atoms with van der Waals surface area (Å²) in [6.45, 7) is 2.34. The van der Waals surface area contributed by atoms with Crippen LogP contribution in [0.5, 0.6) is 0 Å². The zero-order valence-electron chi connectivity index (χ0n) is 6.62. The highest BCUT2D eigenvalue weighted by atomic mass is 16.6. The fraction of sp³-hybridized carbons (Fsp3) is 0.857. The number of hydrogen-bond donors (Lipinski definition) is 2. The van der Waals surface area contributed by atoms with Crippen LogP contribution in [0.25, 0.3) is 0 Å². The Balaban J connectivity index is 3.17. The van der Waals surface area contributed by atoms with Crippen molar-refractivity contribution >= 4 is 5.97 Å². The molecule has 0 aliphatic heterocycles. The molecule has 0 aromatic heterocycles. The summed E-state index contributed by atoms with van der Waals surface area (Å²) in [5.41, 5.74) is 0. The van der Waals surface area contributed by atoms with E-state index in [1.165, 1.54) is 0 Å². The predicted octanol–water partition coefficient (Wildman–Crippen LogP) is 0.596. The average molecular weight is 162 g/mol. The van der Waals surface area contributed by atoms with E-state index in [1.807, 2.05) is 6.92 Å². The van der Waals surface area contributed by atoms with Crippen molar-refractivity contribution in [2.75, 3.05) is 6.61 Å². The molecule has 1 unspecified atom stereocenters. The lowest BCUT2D eigenvalue weighted by Crippen LogP contribution is -2.23. The molecule has 0 radical (unpaired) electrons. The third kappa shape index (κ3) is 5.82. The van der Waals surface area contributed by atoms with Crippen molar-refractivity contribution in [1.82, 2.24) is 0 Å².